The average Bonchev–Trinajstić information content (AvgIpc) is 2.32. The Morgan fingerprint density at radius 3 is 1.67 bits per heavy atom. The normalized spacial score (nSPS) is 21.2. The molecule has 15 heavy (non-hydrogen) atoms. The Morgan fingerprint density at radius 2 is 1.33 bits per heavy atom. The van der Waals surface area contributed by atoms with Crippen molar-refractivity contribution in [3.8, 4) is 0 Å². The molecular weight excluding hydrogens is 186 g/mol. The first-order chi connectivity index (χ1) is 6.92. The number of fused-ring (bicyclic) bond motifs is 1. The molecule has 0 amide bonds. The molecule has 0 heterocycles. The molecule has 1 aromatic rings. The van der Waals surface area contributed by atoms with Crippen molar-refractivity contribution >= 4 is 5.71 Å². The van der Waals surface area contributed by atoms with Gasteiger partial charge in [-0.25, -0.2) is 0 Å². The first kappa shape index (κ1) is 10.2. The van der Waals surface area contributed by atoms with Gasteiger partial charge in [-0.2, -0.15) is 0 Å². The van der Waals surface area contributed by atoms with Crippen LogP contribution < -0.4 is 0 Å². The Hall–Kier alpha value is -1.31. The third-order valence-electron chi connectivity index (χ3n) is 3.56. The summed E-state index contributed by atoms with van der Waals surface area (Å²) in [6, 6.07) is 8.32. The van der Waals surface area contributed by atoms with Crippen LogP contribution in [-0.4, -0.2) is 10.9 Å². The molecule has 1 aliphatic carbocycles. The highest BCUT2D eigenvalue weighted by Crippen LogP contribution is 2.46. The van der Waals surface area contributed by atoms with Crippen LogP contribution in [0.15, 0.2) is 29.4 Å². The van der Waals surface area contributed by atoms with Crippen molar-refractivity contribution in [2.45, 2.75) is 38.5 Å². The zero-order valence-corrected chi connectivity index (χ0v) is 9.70. The number of hydrogen-bond acceptors (Lipinski definition) is 2. The molecule has 0 fully saturated rings. The van der Waals surface area contributed by atoms with Crippen LogP contribution in [0.1, 0.15) is 38.8 Å². The van der Waals surface area contributed by atoms with Gasteiger partial charge in [-0.3, -0.25) is 0 Å². The van der Waals surface area contributed by atoms with Crippen molar-refractivity contribution in [1.82, 2.24) is 0 Å². The molecule has 0 saturated heterocycles. The summed E-state index contributed by atoms with van der Waals surface area (Å²) >= 11 is 0. The van der Waals surface area contributed by atoms with Crippen LogP contribution in [0.2, 0.25) is 0 Å². The molecular formula is C13H17NO. The van der Waals surface area contributed by atoms with Gasteiger partial charge in [-0.05, 0) is 11.1 Å². The molecule has 1 aliphatic rings. The maximum absolute atomic E-state index is 9.20. The van der Waals surface area contributed by atoms with Crippen LogP contribution in [0.4, 0.5) is 0 Å². The van der Waals surface area contributed by atoms with Gasteiger partial charge in [0, 0.05) is 10.8 Å². The highest BCUT2D eigenvalue weighted by atomic mass is 16.4. The maximum atomic E-state index is 9.20. The van der Waals surface area contributed by atoms with E-state index < -0.39 is 0 Å². The van der Waals surface area contributed by atoms with E-state index in [0.29, 0.717) is 0 Å². The molecule has 0 bridgehead atoms. The molecule has 0 aromatic heterocycles. The second kappa shape index (κ2) is 2.84. The number of hydrogen-bond donors (Lipinski definition) is 1. The van der Waals surface area contributed by atoms with E-state index in [9.17, 15) is 5.21 Å². The predicted octanol–water partition coefficient (Wildman–Crippen LogP) is 3.09. The third kappa shape index (κ3) is 1.14. The van der Waals surface area contributed by atoms with E-state index in [-0.39, 0.29) is 10.8 Å². The number of oxime groups is 1. The van der Waals surface area contributed by atoms with Crippen molar-refractivity contribution in [3.05, 3.63) is 35.4 Å². The van der Waals surface area contributed by atoms with Gasteiger partial charge in [0.25, 0.3) is 0 Å². The number of rotatable bonds is 0. The van der Waals surface area contributed by atoms with Crippen molar-refractivity contribution in [3.63, 3.8) is 0 Å². The summed E-state index contributed by atoms with van der Waals surface area (Å²) in [5, 5.41) is 12.7. The van der Waals surface area contributed by atoms with Gasteiger partial charge in [-0.15, -0.1) is 0 Å². The number of benzene rings is 1. The molecule has 0 aliphatic heterocycles. The molecule has 0 radical (unpaired) electrons. The Bertz CT molecular complexity index is 393. The van der Waals surface area contributed by atoms with Crippen molar-refractivity contribution in [2.75, 3.05) is 0 Å². The number of nitrogens with zero attached hydrogens (tertiary/aromatic N) is 1. The minimum Gasteiger partial charge on any atom is -0.411 e. The molecule has 2 heteroatoms. The first-order valence-corrected chi connectivity index (χ1v) is 5.25. The van der Waals surface area contributed by atoms with E-state index in [4.69, 9.17) is 0 Å². The highest BCUT2D eigenvalue weighted by Gasteiger charge is 2.48. The summed E-state index contributed by atoms with van der Waals surface area (Å²) in [5.74, 6) is 0. The van der Waals surface area contributed by atoms with E-state index >= 15 is 0 Å². The van der Waals surface area contributed by atoms with Crippen LogP contribution in [0, 0.1) is 0 Å². The fourth-order valence-corrected chi connectivity index (χ4v) is 2.86. The highest BCUT2D eigenvalue weighted by molar-refractivity contribution is 6.06. The minimum atomic E-state index is -0.172. The van der Waals surface area contributed by atoms with E-state index in [2.05, 4.69) is 45.0 Å². The summed E-state index contributed by atoms with van der Waals surface area (Å²) in [7, 11) is 0. The SMILES string of the molecule is CC1(C)C(=NO)C(C)(C)c2ccccc21. The fourth-order valence-electron chi connectivity index (χ4n) is 2.86. The smallest absolute Gasteiger partial charge is 0.0770 e. The van der Waals surface area contributed by atoms with Crippen molar-refractivity contribution in [1.29, 1.82) is 0 Å². The summed E-state index contributed by atoms with van der Waals surface area (Å²) in [6.07, 6.45) is 0. The second-order valence-electron chi connectivity index (χ2n) is 5.24. The van der Waals surface area contributed by atoms with E-state index in [1.807, 2.05) is 12.1 Å². The second-order valence-corrected chi connectivity index (χ2v) is 5.24. The lowest BCUT2D eigenvalue weighted by Gasteiger charge is -2.24. The molecule has 1 N–H and O–H groups in total. The van der Waals surface area contributed by atoms with E-state index in [1.165, 1.54) is 11.1 Å². The minimum absolute atomic E-state index is 0.172. The average molecular weight is 203 g/mol. The molecule has 0 saturated carbocycles. The van der Waals surface area contributed by atoms with Gasteiger partial charge in [0.2, 0.25) is 0 Å². The lowest BCUT2D eigenvalue weighted by molar-refractivity contribution is 0.310. The van der Waals surface area contributed by atoms with E-state index in [1.54, 1.807) is 0 Å². The molecule has 0 atom stereocenters. The lowest BCUT2D eigenvalue weighted by atomic mass is 9.79. The largest absolute Gasteiger partial charge is 0.411 e. The van der Waals surface area contributed by atoms with Crippen LogP contribution in [0.3, 0.4) is 0 Å². The van der Waals surface area contributed by atoms with Crippen LogP contribution >= 0.6 is 0 Å². The Kier molecular flexibility index (Phi) is 1.94. The first-order valence-electron chi connectivity index (χ1n) is 5.25. The Labute approximate surface area is 90.6 Å². The van der Waals surface area contributed by atoms with Gasteiger partial charge < -0.3 is 5.21 Å². The topological polar surface area (TPSA) is 32.6 Å². The Morgan fingerprint density at radius 1 is 0.933 bits per heavy atom. The van der Waals surface area contributed by atoms with E-state index in [0.717, 1.165) is 5.71 Å². The summed E-state index contributed by atoms with van der Waals surface area (Å²) < 4.78 is 0. The lowest BCUT2D eigenvalue weighted by Crippen LogP contribution is -2.34. The maximum Gasteiger partial charge on any atom is 0.0770 e. The molecule has 2 rings (SSSR count). The zero-order chi connectivity index (χ0) is 11.3. The Balaban J connectivity index is 2.77. The summed E-state index contributed by atoms with van der Waals surface area (Å²) in [5.41, 5.74) is 3.03. The summed E-state index contributed by atoms with van der Waals surface area (Å²) in [4.78, 5) is 0. The molecule has 1 aromatic carbocycles. The van der Waals surface area contributed by atoms with Crippen LogP contribution in [0.25, 0.3) is 0 Å². The van der Waals surface area contributed by atoms with Crippen LogP contribution in [0.5, 0.6) is 0 Å². The van der Waals surface area contributed by atoms with Crippen molar-refractivity contribution in [2.24, 2.45) is 5.16 Å². The van der Waals surface area contributed by atoms with Gasteiger partial charge >= 0.3 is 0 Å². The molecule has 0 spiro atoms. The van der Waals surface area contributed by atoms with Crippen molar-refractivity contribution < 1.29 is 5.21 Å². The molecule has 0 unspecified atom stereocenters. The van der Waals surface area contributed by atoms with Crippen LogP contribution in [-0.2, 0) is 10.8 Å². The quantitative estimate of drug-likeness (QED) is 0.510. The molecule has 2 nitrogen and oxygen atoms in total. The predicted molar refractivity (Wildman–Crippen MR) is 61.7 cm³/mol. The van der Waals surface area contributed by atoms with Gasteiger partial charge in [-0.1, -0.05) is 57.1 Å². The van der Waals surface area contributed by atoms with Gasteiger partial charge in [0.05, 0.1) is 5.71 Å². The fraction of sp³-hybridized carbons (Fsp3) is 0.462. The third-order valence-corrected chi connectivity index (χ3v) is 3.56. The standard InChI is InChI=1S/C13H17NO/c1-12(2)9-7-5-6-8-10(9)13(3,4)11(12)14-15/h5-8,15H,1-4H3. The zero-order valence-electron chi connectivity index (χ0n) is 9.70. The van der Waals surface area contributed by atoms with Gasteiger partial charge in [0.15, 0.2) is 0 Å². The monoisotopic (exact) mass is 203 g/mol. The summed E-state index contributed by atoms with van der Waals surface area (Å²) in [6.45, 7) is 8.43. The molecule has 80 valence electrons. The van der Waals surface area contributed by atoms with Gasteiger partial charge in [0.1, 0.15) is 0 Å².